The summed E-state index contributed by atoms with van der Waals surface area (Å²) in [5, 5.41) is 3.18. The minimum absolute atomic E-state index is 0.116. The summed E-state index contributed by atoms with van der Waals surface area (Å²) in [6, 6.07) is 0.116. The van der Waals surface area contributed by atoms with Crippen molar-refractivity contribution in [1.82, 2.24) is 5.32 Å². The lowest BCUT2D eigenvalue weighted by Gasteiger charge is -2.12. The highest BCUT2D eigenvalue weighted by Crippen LogP contribution is 1.93. The van der Waals surface area contributed by atoms with Crippen molar-refractivity contribution in [3.05, 3.63) is 0 Å². The maximum atomic E-state index is 11.1. The van der Waals surface area contributed by atoms with Crippen molar-refractivity contribution in [3.63, 3.8) is 0 Å². The summed E-state index contributed by atoms with van der Waals surface area (Å²) in [7, 11) is 1.64. The van der Waals surface area contributed by atoms with E-state index in [9.17, 15) is 4.79 Å². The van der Waals surface area contributed by atoms with Crippen LogP contribution >= 0.6 is 0 Å². The SMILES string of the molecule is CCOC(=O)CC(C)NCCOCCOC. The van der Waals surface area contributed by atoms with Crippen LogP contribution in [-0.2, 0) is 19.0 Å². The van der Waals surface area contributed by atoms with Crippen LogP contribution in [0.2, 0.25) is 0 Å². The molecule has 0 aromatic heterocycles. The van der Waals surface area contributed by atoms with Crippen LogP contribution in [0.4, 0.5) is 0 Å². The van der Waals surface area contributed by atoms with Crippen molar-refractivity contribution in [2.75, 3.05) is 40.1 Å². The Bertz CT molecular complexity index is 175. The predicted molar refractivity (Wildman–Crippen MR) is 61.4 cm³/mol. The molecule has 5 heteroatoms. The van der Waals surface area contributed by atoms with Crippen molar-refractivity contribution >= 4 is 5.97 Å². The van der Waals surface area contributed by atoms with Crippen molar-refractivity contribution < 1.29 is 19.0 Å². The molecule has 0 fully saturated rings. The highest BCUT2D eigenvalue weighted by molar-refractivity contribution is 5.69. The molecule has 0 aromatic rings. The first-order valence-electron chi connectivity index (χ1n) is 5.66. The average Bonchev–Trinajstić information content (AvgIpc) is 2.23. The van der Waals surface area contributed by atoms with E-state index in [1.807, 2.05) is 6.92 Å². The molecule has 96 valence electrons. The molecule has 1 N–H and O–H groups in total. The smallest absolute Gasteiger partial charge is 0.307 e. The van der Waals surface area contributed by atoms with Gasteiger partial charge >= 0.3 is 5.97 Å². The summed E-state index contributed by atoms with van der Waals surface area (Å²) in [4.78, 5) is 11.1. The second-order valence-electron chi connectivity index (χ2n) is 3.47. The van der Waals surface area contributed by atoms with Crippen molar-refractivity contribution in [3.8, 4) is 0 Å². The van der Waals surface area contributed by atoms with E-state index in [1.165, 1.54) is 0 Å². The number of hydrogen-bond acceptors (Lipinski definition) is 5. The van der Waals surface area contributed by atoms with E-state index in [4.69, 9.17) is 14.2 Å². The fourth-order valence-electron chi connectivity index (χ4n) is 1.16. The topological polar surface area (TPSA) is 56.8 Å². The molecule has 0 aliphatic carbocycles. The number of methoxy groups -OCH3 is 1. The van der Waals surface area contributed by atoms with Gasteiger partial charge in [0.2, 0.25) is 0 Å². The Morgan fingerprint density at radius 1 is 1.31 bits per heavy atom. The summed E-state index contributed by atoms with van der Waals surface area (Å²) in [6.45, 7) is 6.75. The molecule has 5 nitrogen and oxygen atoms in total. The van der Waals surface area contributed by atoms with Gasteiger partial charge in [-0.25, -0.2) is 0 Å². The lowest BCUT2D eigenvalue weighted by Crippen LogP contribution is -2.32. The second kappa shape index (κ2) is 10.9. The van der Waals surface area contributed by atoms with Crippen LogP contribution in [0.5, 0.6) is 0 Å². The van der Waals surface area contributed by atoms with Crippen molar-refractivity contribution in [1.29, 1.82) is 0 Å². The van der Waals surface area contributed by atoms with Crippen LogP contribution in [0, 0.1) is 0 Å². The summed E-state index contributed by atoms with van der Waals surface area (Å²) >= 11 is 0. The molecule has 1 atom stereocenters. The highest BCUT2D eigenvalue weighted by atomic mass is 16.5. The first-order chi connectivity index (χ1) is 7.70. The van der Waals surface area contributed by atoms with E-state index >= 15 is 0 Å². The van der Waals surface area contributed by atoms with Crippen LogP contribution in [0.25, 0.3) is 0 Å². The fourth-order valence-corrected chi connectivity index (χ4v) is 1.16. The second-order valence-corrected chi connectivity index (χ2v) is 3.47. The number of rotatable bonds is 10. The molecule has 0 saturated heterocycles. The van der Waals surface area contributed by atoms with Gasteiger partial charge in [0.05, 0.1) is 32.8 Å². The van der Waals surface area contributed by atoms with E-state index in [0.29, 0.717) is 32.8 Å². The van der Waals surface area contributed by atoms with Gasteiger partial charge in [0.15, 0.2) is 0 Å². The zero-order valence-corrected chi connectivity index (χ0v) is 10.5. The Morgan fingerprint density at radius 2 is 2.06 bits per heavy atom. The number of hydrogen-bond donors (Lipinski definition) is 1. The van der Waals surface area contributed by atoms with Gasteiger partial charge in [0, 0.05) is 19.7 Å². The molecule has 16 heavy (non-hydrogen) atoms. The highest BCUT2D eigenvalue weighted by Gasteiger charge is 2.08. The molecule has 0 rings (SSSR count). The fraction of sp³-hybridized carbons (Fsp3) is 0.909. The minimum Gasteiger partial charge on any atom is -0.466 e. The number of esters is 1. The third-order valence-corrected chi connectivity index (χ3v) is 1.95. The standard InChI is InChI=1S/C11H23NO4/c1-4-16-11(13)9-10(2)12-5-6-15-8-7-14-3/h10,12H,4-9H2,1-3H3. The average molecular weight is 233 g/mol. The first-order valence-corrected chi connectivity index (χ1v) is 5.66. The number of carbonyl (C=O) groups is 1. The molecule has 0 aliphatic rings. The van der Waals surface area contributed by atoms with Gasteiger partial charge in [-0.15, -0.1) is 0 Å². The van der Waals surface area contributed by atoms with Crippen LogP contribution in [-0.4, -0.2) is 52.1 Å². The number of carbonyl (C=O) groups excluding carboxylic acids is 1. The van der Waals surface area contributed by atoms with E-state index in [2.05, 4.69) is 5.32 Å². The van der Waals surface area contributed by atoms with Crippen LogP contribution in [0.15, 0.2) is 0 Å². The van der Waals surface area contributed by atoms with E-state index in [0.717, 1.165) is 6.54 Å². The predicted octanol–water partition coefficient (Wildman–Crippen LogP) is 0.581. The molecule has 0 heterocycles. The Labute approximate surface area is 97.4 Å². The Morgan fingerprint density at radius 3 is 2.69 bits per heavy atom. The van der Waals surface area contributed by atoms with Gasteiger partial charge in [0.1, 0.15) is 0 Å². The van der Waals surface area contributed by atoms with E-state index in [-0.39, 0.29) is 12.0 Å². The molecule has 0 aliphatic heterocycles. The van der Waals surface area contributed by atoms with Gasteiger partial charge in [0.25, 0.3) is 0 Å². The van der Waals surface area contributed by atoms with E-state index < -0.39 is 0 Å². The van der Waals surface area contributed by atoms with Crippen LogP contribution < -0.4 is 5.32 Å². The zero-order chi connectivity index (χ0) is 12.2. The third kappa shape index (κ3) is 9.89. The first kappa shape index (κ1) is 15.3. The van der Waals surface area contributed by atoms with Gasteiger partial charge < -0.3 is 19.5 Å². The Kier molecular flexibility index (Phi) is 10.4. The molecule has 0 bridgehead atoms. The van der Waals surface area contributed by atoms with Crippen LogP contribution in [0.3, 0.4) is 0 Å². The Hall–Kier alpha value is -0.650. The normalized spacial score (nSPS) is 12.4. The molecule has 0 aromatic carbocycles. The third-order valence-electron chi connectivity index (χ3n) is 1.95. The van der Waals surface area contributed by atoms with Gasteiger partial charge in [-0.1, -0.05) is 0 Å². The van der Waals surface area contributed by atoms with Crippen LogP contribution in [0.1, 0.15) is 20.3 Å². The lowest BCUT2D eigenvalue weighted by atomic mass is 10.2. The van der Waals surface area contributed by atoms with Gasteiger partial charge in [-0.2, -0.15) is 0 Å². The summed E-state index contributed by atoms with van der Waals surface area (Å²) in [5.41, 5.74) is 0. The zero-order valence-electron chi connectivity index (χ0n) is 10.5. The largest absolute Gasteiger partial charge is 0.466 e. The molecular weight excluding hydrogens is 210 g/mol. The molecule has 1 unspecified atom stereocenters. The summed E-state index contributed by atoms with van der Waals surface area (Å²) in [6.07, 6.45) is 0.395. The molecule has 0 spiro atoms. The quantitative estimate of drug-likeness (QED) is 0.442. The van der Waals surface area contributed by atoms with Crippen molar-refractivity contribution in [2.24, 2.45) is 0 Å². The summed E-state index contributed by atoms with van der Waals surface area (Å²) < 4.78 is 15.0. The van der Waals surface area contributed by atoms with Crippen molar-refractivity contribution in [2.45, 2.75) is 26.3 Å². The monoisotopic (exact) mass is 233 g/mol. The maximum absolute atomic E-state index is 11.1. The maximum Gasteiger partial charge on any atom is 0.307 e. The van der Waals surface area contributed by atoms with Gasteiger partial charge in [-0.3, -0.25) is 4.79 Å². The number of ether oxygens (including phenoxy) is 3. The minimum atomic E-state index is -0.164. The molecule has 0 radical (unpaired) electrons. The lowest BCUT2D eigenvalue weighted by molar-refractivity contribution is -0.143. The number of nitrogens with one attached hydrogen (secondary N) is 1. The summed E-state index contributed by atoms with van der Waals surface area (Å²) in [5.74, 6) is -0.164. The van der Waals surface area contributed by atoms with E-state index in [1.54, 1.807) is 14.0 Å². The molecular formula is C11H23NO4. The molecule has 0 amide bonds. The van der Waals surface area contributed by atoms with Gasteiger partial charge in [-0.05, 0) is 13.8 Å². The molecule has 0 saturated carbocycles. The Balaban J connectivity index is 3.29.